The summed E-state index contributed by atoms with van der Waals surface area (Å²) in [6.07, 6.45) is 0.415. The summed E-state index contributed by atoms with van der Waals surface area (Å²) in [5.74, 6) is 0.867. The Hall–Kier alpha value is -2.86. The molecule has 6 heteroatoms. The smallest absolute Gasteiger partial charge is 0.254 e. The molecule has 0 saturated carbocycles. The number of benzene rings is 2. The number of hydrogen-bond donors (Lipinski definition) is 0. The van der Waals surface area contributed by atoms with Crippen molar-refractivity contribution in [1.29, 1.82) is 0 Å². The highest BCUT2D eigenvalue weighted by Crippen LogP contribution is 2.43. The zero-order chi connectivity index (χ0) is 21.0. The van der Waals surface area contributed by atoms with Crippen molar-refractivity contribution in [1.82, 2.24) is 14.4 Å². The summed E-state index contributed by atoms with van der Waals surface area (Å²) in [7, 11) is 1.84. The lowest BCUT2D eigenvalue weighted by Gasteiger charge is -2.20. The molecule has 3 aromatic rings. The Morgan fingerprint density at radius 2 is 1.70 bits per heavy atom. The minimum absolute atomic E-state index is 0.0535. The van der Waals surface area contributed by atoms with Gasteiger partial charge in [0.05, 0.1) is 23.1 Å². The number of carbonyl (C=O) groups excluding carboxylic acids is 2. The van der Waals surface area contributed by atoms with Crippen LogP contribution in [0.3, 0.4) is 0 Å². The van der Waals surface area contributed by atoms with Crippen LogP contribution >= 0.6 is 0 Å². The number of carbonyl (C=O) groups is 2. The Balaban J connectivity index is 1.81. The van der Waals surface area contributed by atoms with E-state index in [9.17, 15) is 9.59 Å². The number of hydrogen-bond acceptors (Lipinski definition) is 4. The third kappa shape index (κ3) is 2.67. The van der Waals surface area contributed by atoms with Gasteiger partial charge in [-0.1, -0.05) is 13.8 Å². The van der Waals surface area contributed by atoms with Gasteiger partial charge in [0.15, 0.2) is 5.78 Å². The van der Waals surface area contributed by atoms with Crippen LogP contribution in [0.15, 0.2) is 24.3 Å². The molecule has 2 aliphatic heterocycles. The molecule has 30 heavy (non-hydrogen) atoms. The van der Waals surface area contributed by atoms with E-state index >= 15 is 0 Å². The van der Waals surface area contributed by atoms with Crippen LogP contribution in [-0.4, -0.2) is 59.3 Å². The summed E-state index contributed by atoms with van der Waals surface area (Å²) in [6.45, 7) is 9.16. The van der Waals surface area contributed by atoms with E-state index in [-0.39, 0.29) is 11.7 Å². The highest BCUT2D eigenvalue weighted by atomic mass is 16.5. The van der Waals surface area contributed by atoms with Gasteiger partial charge in [-0.2, -0.15) is 0 Å². The number of amides is 1. The summed E-state index contributed by atoms with van der Waals surface area (Å²) in [6, 6.07) is 7.97. The number of likely N-dealkylation sites (N-methyl/N-ethyl adjacent to an activating group) is 1. The molecule has 3 heterocycles. The van der Waals surface area contributed by atoms with Crippen LogP contribution in [0, 0.1) is 0 Å². The van der Waals surface area contributed by atoms with Gasteiger partial charge in [-0.25, -0.2) is 0 Å². The molecule has 0 spiro atoms. The average molecular weight is 405 g/mol. The molecule has 6 nitrogen and oxygen atoms in total. The molecule has 2 aliphatic rings. The molecular weight excluding hydrogens is 378 g/mol. The van der Waals surface area contributed by atoms with E-state index in [1.54, 1.807) is 4.90 Å². The maximum atomic E-state index is 12.6. The topological polar surface area (TPSA) is 54.8 Å². The highest BCUT2D eigenvalue weighted by Gasteiger charge is 2.31. The average Bonchev–Trinajstić information content (AvgIpc) is 3.23. The number of rotatable bonds is 5. The number of ether oxygens (including phenoxy) is 1. The molecule has 0 aliphatic carbocycles. The van der Waals surface area contributed by atoms with Gasteiger partial charge in [-0.05, 0) is 42.9 Å². The summed E-state index contributed by atoms with van der Waals surface area (Å²) >= 11 is 0. The first-order chi connectivity index (χ1) is 14.5. The molecule has 0 atom stereocenters. The van der Waals surface area contributed by atoms with Crippen LogP contribution in [0.5, 0.6) is 5.75 Å². The fourth-order valence-electron chi connectivity index (χ4n) is 4.96. The standard InChI is InChI=1S/C24H27N3O3/c1-4-26(5-2)11-12-27-18-8-6-15-17(14-25(3)24(15)29)21(18)22-19(27)9-7-16-20(28)10-13-30-23(16)22/h6-9H,4-5,10-14H2,1-3H3. The molecular formula is C24H27N3O3. The molecule has 2 aromatic carbocycles. The van der Waals surface area contributed by atoms with Crippen molar-refractivity contribution in [2.75, 3.05) is 33.3 Å². The summed E-state index contributed by atoms with van der Waals surface area (Å²) in [5, 5.41) is 2.04. The van der Waals surface area contributed by atoms with Gasteiger partial charge in [0.2, 0.25) is 0 Å². The quantitative estimate of drug-likeness (QED) is 0.650. The van der Waals surface area contributed by atoms with Crippen molar-refractivity contribution in [3.63, 3.8) is 0 Å². The number of ketones is 1. The molecule has 0 N–H and O–H groups in total. The van der Waals surface area contributed by atoms with Crippen LogP contribution in [-0.2, 0) is 13.1 Å². The molecule has 0 fully saturated rings. The number of nitrogens with zero attached hydrogens (tertiary/aromatic N) is 3. The number of aromatic nitrogens is 1. The van der Waals surface area contributed by atoms with E-state index in [0.717, 1.165) is 59.1 Å². The first-order valence-corrected chi connectivity index (χ1v) is 10.8. The van der Waals surface area contributed by atoms with Crippen LogP contribution in [0.1, 0.15) is 46.5 Å². The molecule has 0 saturated heterocycles. The second-order valence-corrected chi connectivity index (χ2v) is 8.18. The third-order valence-electron chi connectivity index (χ3n) is 6.64. The maximum absolute atomic E-state index is 12.6. The maximum Gasteiger partial charge on any atom is 0.254 e. The van der Waals surface area contributed by atoms with Gasteiger partial charge < -0.3 is 19.1 Å². The van der Waals surface area contributed by atoms with Crippen LogP contribution < -0.4 is 4.74 Å². The number of Topliss-reactive ketones (excluding diaryl/α,β-unsaturated/α-hetero) is 1. The van der Waals surface area contributed by atoms with E-state index in [4.69, 9.17) is 4.74 Å². The Labute approximate surface area is 176 Å². The van der Waals surface area contributed by atoms with Crippen molar-refractivity contribution < 1.29 is 14.3 Å². The lowest BCUT2D eigenvalue weighted by molar-refractivity contribution is 0.0816. The Morgan fingerprint density at radius 3 is 2.43 bits per heavy atom. The van der Waals surface area contributed by atoms with E-state index < -0.39 is 0 Å². The predicted octanol–water partition coefficient (Wildman–Crippen LogP) is 3.69. The van der Waals surface area contributed by atoms with Gasteiger partial charge >= 0.3 is 0 Å². The second-order valence-electron chi connectivity index (χ2n) is 8.18. The minimum atomic E-state index is 0.0535. The molecule has 0 bridgehead atoms. The van der Waals surface area contributed by atoms with E-state index in [1.165, 1.54) is 0 Å². The predicted molar refractivity (Wildman–Crippen MR) is 117 cm³/mol. The Morgan fingerprint density at radius 1 is 1.00 bits per heavy atom. The minimum Gasteiger partial charge on any atom is -0.492 e. The second kappa shape index (κ2) is 7.13. The van der Waals surface area contributed by atoms with E-state index in [2.05, 4.69) is 35.4 Å². The van der Waals surface area contributed by atoms with E-state index in [1.807, 2.05) is 19.2 Å². The van der Waals surface area contributed by atoms with Crippen molar-refractivity contribution in [2.24, 2.45) is 0 Å². The Bertz CT molecular complexity index is 1190. The largest absolute Gasteiger partial charge is 0.492 e. The SMILES string of the molecule is CCN(CC)CCn1c2ccc3c(c2c2c4c(ccc21)C(=O)CCO4)CN(C)C3=O. The van der Waals surface area contributed by atoms with Crippen LogP contribution in [0.2, 0.25) is 0 Å². The van der Waals surface area contributed by atoms with Crippen LogP contribution in [0.4, 0.5) is 0 Å². The normalized spacial score (nSPS) is 15.9. The summed E-state index contributed by atoms with van der Waals surface area (Å²) < 4.78 is 8.40. The number of fused-ring (bicyclic) bond motifs is 7. The monoisotopic (exact) mass is 405 g/mol. The van der Waals surface area contributed by atoms with Crippen molar-refractivity contribution in [3.05, 3.63) is 41.0 Å². The van der Waals surface area contributed by atoms with Crippen LogP contribution in [0.25, 0.3) is 21.8 Å². The summed E-state index contributed by atoms with van der Waals surface area (Å²) in [5.41, 5.74) is 4.64. The van der Waals surface area contributed by atoms with Gasteiger partial charge in [-0.15, -0.1) is 0 Å². The molecule has 0 radical (unpaired) electrons. The van der Waals surface area contributed by atoms with Crippen molar-refractivity contribution >= 4 is 33.5 Å². The fraction of sp³-hybridized carbons (Fsp3) is 0.417. The third-order valence-corrected chi connectivity index (χ3v) is 6.64. The fourth-order valence-corrected chi connectivity index (χ4v) is 4.96. The zero-order valence-electron chi connectivity index (χ0n) is 17.8. The van der Waals surface area contributed by atoms with E-state index in [0.29, 0.717) is 30.9 Å². The highest BCUT2D eigenvalue weighted by molar-refractivity contribution is 6.19. The van der Waals surface area contributed by atoms with Gasteiger partial charge in [0, 0.05) is 49.6 Å². The molecule has 1 amide bonds. The molecule has 0 unspecified atom stereocenters. The molecule has 5 rings (SSSR count). The van der Waals surface area contributed by atoms with Crippen molar-refractivity contribution in [3.8, 4) is 5.75 Å². The van der Waals surface area contributed by atoms with Crippen molar-refractivity contribution in [2.45, 2.75) is 33.4 Å². The first kappa shape index (κ1) is 19.1. The van der Waals surface area contributed by atoms with Gasteiger partial charge in [0.1, 0.15) is 5.75 Å². The lowest BCUT2D eigenvalue weighted by Crippen LogP contribution is -2.27. The van der Waals surface area contributed by atoms with Gasteiger partial charge in [-0.3, -0.25) is 9.59 Å². The zero-order valence-corrected chi connectivity index (χ0v) is 17.8. The Kier molecular flexibility index (Phi) is 4.54. The van der Waals surface area contributed by atoms with Gasteiger partial charge in [0.25, 0.3) is 5.91 Å². The molecule has 1 aromatic heterocycles. The summed E-state index contributed by atoms with van der Waals surface area (Å²) in [4.78, 5) is 29.3. The first-order valence-electron chi connectivity index (χ1n) is 10.8. The molecule has 156 valence electrons. The lowest BCUT2D eigenvalue weighted by atomic mass is 9.98.